The largest absolute Gasteiger partial charge is 0.328 e. The Labute approximate surface area is 94.2 Å². The van der Waals surface area contributed by atoms with Crippen molar-refractivity contribution in [1.29, 1.82) is 0 Å². The standard InChI is InChI=1S/C11H13Cl2N/c1-6(14)8-5-9(8)7-3-2-4-10(12)11(7)13/h2-4,6,8-9H,5,14H2,1H3. The molecular weight excluding hydrogens is 217 g/mol. The quantitative estimate of drug-likeness (QED) is 0.827. The average Bonchev–Trinajstić information content (AvgIpc) is 2.89. The van der Waals surface area contributed by atoms with Gasteiger partial charge in [-0.25, -0.2) is 0 Å². The van der Waals surface area contributed by atoms with Crippen LogP contribution in [-0.2, 0) is 0 Å². The average molecular weight is 230 g/mol. The second-order valence-corrected chi connectivity index (χ2v) is 4.79. The molecule has 3 atom stereocenters. The summed E-state index contributed by atoms with van der Waals surface area (Å²) in [5.74, 6) is 1.09. The van der Waals surface area contributed by atoms with Gasteiger partial charge in [-0.15, -0.1) is 0 Å². The van der Waals surface area contributed by atoms with Crippen molar-refractivity contribution in [3.63, 3.8) is 0 Å². The van der Waals surface area contributed by atoms with E-state index in [1.807, 2.05) is 25.1 Å². The Balaban J connectivity index is 2.23. The van der Waals surface area contributed by atoms with Crippen molar-refractivity contribution < 1.29 is 0 Å². The monoisotopic (exact) mass is 229 g/mol. The molecule has 1 aromatic carbocycles. The highest BCUT2D eigenvalue weighted by atomic mass is 35.5. The number of nitrogens with two attached hydrogens (primary N) is 1. The van der Waals surface area contributed by atoms with E-state index in [0.717, 1.165) is 12.0 Å². The molecule has 76 valence electrons. The summed E-state index contributed by atoms with van der Waals surface area (Å²) >= 11 is 12.1. The Hall–Kier alpha value is -0.240. The molecule has 0 aliphatic heterocycles. The third-order valence-electron chi connectivity index (χ3n) is 2.90. The lowest BCUT2D eigenvalue weighted by molar-refractivity contribution is 0.632. The number of halogens is 2. The summed E-state index contributed by atoms with van der Waals surface area (Å²) < 4.78 is 0. The fraction of sp³-hybridized carbons (Fsp3) is 0.455. The van der Waals surface area contributed by atoms with E-state index in [2.05, 4.69) is 0 Å². The second kappa shape index (κ2) is 3.73. The van der Waals surface area contributed by atoms with Crippen LogP contribution in [0.5, 0.6) is 0 Å². The molecule has 0 bridgehead atoms. The normalized spacial score (nSPS) is 27.4. The minimum atomic E-state index is 0.245. The molecule has 0 spiro atoms. The number of hydrogen-bond acceptors (Lipinski definition) is 1. The first-order valence-corrected chi connectivity index (χ1v) is 5.56. The minimum absolute atomic E-state index is 0.245. The van der Waals surface area contributed by atoms with Crippen LogP contribution in [0.4, 0.5) is 0 Å². The lowest BCUT2D eigenvalue weighted by Crippen LogP contribution is -2.17. The highest BCUT2D eigenvalue weighted by Crippen LogP contribution is 2.51. The van der Waals surface area contributed by atoms with E-state index < -0.39 is 0 Å². The maximum absolute atomic E-state index is 6.13. The molecule has 1 nitrogen and oxygen atoms in total. The molecule has 0 radical (unpaired) electrons. The Kier molecular flexibility index (Phi) is 2.74. The summed E-state index contributed by atoms with van der Waals surface area (Å²) in [6.45, 7) is 2.04. The first-order valence-electron chi connectivity index (χ1n) is 4.80. The Morgan fingerprint density at radius 2 is 2.14 bits per heavy atom. The van der Waals surface area contributed by atoms with Crippen molar-refractivity contribution in [2.24, 2.45) is 11.7 Å². The summed E-state index contributed by atoms with van der Waals surface area (Å²) in [5, 5.41) is 1.34. The van der Waals surface area contributed by atoms with E-state index in [9.17, 15) is 0 Å². The molecule has 1 aliphatic rings. The van der Waals surface area contributed by atoms with Gasteiger partial charge in [-0.2, -0.15) is 0 Å². The van der Waals surface area contributed by atoms with Crippen LogP contribution in [0, 0.1) is 5.92 Å². The van der Waals surface area contributed by atoms with Crippen molar-refractivity contribution in [3.8, 4) is 0 Å². The molecule has 3 heteroatoms. The molecule has 0 heterocycles. The van der Waals surface area contributed by atoms with Crippen molar-refractivity contribution >= 4 is 23.2 Å². The highest BCUT2D eigenvalue weighted by molar-refractivity contribution is 6.42. The van der Waals surface area contributed by atoms with Gasteiger partial charge in [-0.05, 0) is 36.8 Å². The molecule has 2 rings (SSSR count). The van der Waals surface area contributed by atoms with Crippen molar-refractivity contribution in [2.75, 3.05) is 0 Å². The van der Waals surface area contributed by atoms with Gasteiger partial charge in [0.25, 0.3) is 0 Å². The van der Waals surface area contributed by atoms with Gasteiger partial charge in [0.15, 0.2) is 0 Å². The van der Waals surface area contributed by atoms with Crippen molar-refractivity contribution in [1.82, 2.24) is 0 Å². The molecule has 1 aliphatic carbocycles. The van der Waals surface area contributed by atoms with Crippen LogP contribution in [0.15, 0.2) is 18.2 Å². The molecule has 2 N–H and O–H groups in total. The fourth-order valence-electron chi connectivity index (χ4n) is 1.96. The highest BCUT2D eigenvalue weighted by Gasteiger charge is 2.41. The third kappa shape index (κ3) is 1.77. The van der Waals surface area contributed by atoms with Gasteiger partial charge in [-0.1, -0.05) is 35.3 Å². The molecule has 1 fully saturated rings. The molecule has 0 saturated heterocycles. The van der Waals surface area contributed by atoms with Gasteiger partial charge in [0.05, 0.1) is 10.0 Å². The van der Waals surface area contributed by atoms with Gasteiger partial charge in [-0.3, -0.25) is 0 Å². The van der Waals surface area contributed by atoms with Gasteiger partial charge >= 0.3 is 0 Å². The third-order valence-corrected chi connectivity index (χ3v) is 3.73. The van der Waals surface area contributed by atoms with E-state index >= 15 is 0 Å². The molecule has 0 aromatic heterocycles. The van der Waals surface area contributed by atoms with Gasteiger partial charge < -0.3 is 5.73 Å². The van der Waals surface area contributed by atoms with Crippen LogP contribution < -0.4 is 5.73 Å². The predicted molar refractivity (Wildman–Crippen MR) is 61.0 cm³/mol. The Bertz CT molecular complexity index is 349. The predicted octanol–water partition coefficient (Wildman–Crippen LogP) is 3.44. The van der Waals surface area contributed by atoms with Crippen LogP contribution >= 0.6 is 23.2 Å². The molecule has 1 saturated carbocycles. The summed E-state index contributed by atoms with van der Waals surface area (Å²) in [6.07, 6.45) is 1.14. The minimum Gasteiger partial charge on any atom is -0.328 e. The van der Waals surface area contributed by atoms with E-state index in [4.69, 9.17) is 28.9 Å². The zero-order valence-corrected chi connectivity index (χ0v) is 9.52. The fourth-order valence-corrected chi connectivity index (χ4v) is 2.41. The second-order valence-electron chi connectivity index (χ2n) is 4.01. The maximum atomic E-state index is 6.13. The van der Waals surface area contributed by atoms with E-state index in [1.54, 1.807) is 0 Å². The van der Waals surface area contributed by atoms with E-state index in [0.29, 0.717) is 21.9 Å². The van der Waals surface area contributed by atoms with Gasteiger partial charge in [0.1, 0.15) is 0 Å². The van der Waals surface area contributed by atoms with Crippen LogP contribution in [0.2, 0.25) is 10.0 Å². The summed E-state index contributed by atoms with van der Waals surface area (Å²) in [4.78, 5) is 0. The van der Waals surface area contributed by atoms with Crippen molar-refractivity contribution in [3.05, 3.63) is 33.8 Å². The van der Waals surface area contributed by atoms with Crippen LogP contribution in [0.25, 0.3) is 0 Å². The van der Waals surface area contributed by atoms with Crippen LogP contribution in [0.3, 0.4) is 0 Å². The maximum Gasteiger partial charge on any atom is 0.0627 e. The summed E-state index contributed by atoms with van der Waals surface area (Å²) in [5.41, 5.74) is 6.99. The lowest BCUT2D eigenvalue weighted by Gasteiger charge is -2.06. The molecule has 0 amide bonds. The number of rotatable bonds is 2. The molecule has 1 aromatic rings. The van der Waals surface area contributed by atoms with Crippen molar-refractivity contribution in [2.45, 2.75) is 25.3 Å². The van der Waals surface area contributed by atoms with Gasteiger partial charge in [0, 0.05) is 6.04 Å². The molecular formula is C11H13Cl2N. The number of benzene rings is 1. The lowest BCUT2D eigenvalue weighted by atomic mass is 10.1. The summed E-state index contributed by atoms with van der Waals surface area (Å²) in [6, 6.07) is 6.05. The van der Waals surface area contributed by atoms with E-state index in [1.165, 1.54) is 0 Å². The zero-order valence-electron chi connectivity index (χ0n) is 8.00. The Morgan fingerprint density at radius 1 is 1.43 bits per heavy atom. The van der Waals surface area contributed by atoms with Crippen LogP contribution in [0.1, 0.15) is 24.8 Å². The first-order chi connectivity index (χ1) is 6.61. The van der Waals surface area contributed by atoms with Crippen LogP contribution in [-0.4, -0.2) is 6.04 Å². The van der Waals surface area contributed by atoms with Gasteiger partial charge in [0.2, 0.25) is 0 Å². The smallest absolute Gasteiger partial charge is 0.0627 e. The SMILES string of the molecule is CC(N)C1CC1c1cccc(Cl)c1Cl. The number of hydrogen-bond donors (Lipinski definition) is 1. The van der Waals surface area contributed by atoms with E-state index in [-0.39, 0.29) is 6.04 Å². The first kappa shape index (κ1) is 10.3. The Morgan fingerprint density at radius 3 is 2.71 bits per heavy atom. The zero-order chi connectivity index (χ0) is 10.3. The topological polar surface area (TPSA) is 26.0 Å². The summed E-state index contributed by atoms with van der Waals surface area (Å²) in [7, 11) is 0. The molecule has 14 heavy (non-hydrogen) atoms. The molecule has 3 unspecified atom stereocenters.